The summed E-state index contributed by atoms with van der Waals surface area (Å²) in [7, 11) is 1.28. The molecule has 0 fully saturated rings. The van der Waals surface area contributed by atoms with E-state index in [0.29, 0.717) is 0 Å². The molecule has 3 heteroatoms. The van der Waals surface area contributed by atoms with E-state index in [1.807, 2.05) is 0 Å². The molecule has 0 atom stereocenters. The van der Waals surface area contributed by atoms with E-state index in [-0.39, 0.29) is 0 Å². The van der Waals surface area contributed by atoms with Gasteiger partial charge in [0.2, 0.25) is 0 Å². The summed E-state index contributed by atoms with van der Waals surface area (Å²) >= 11 is 0. The summed E-state index contributed by atoms with van der Waals surface area (Å²) in [5.41, 5.74) is 2.35. The first kappa shape index (κ1) is 6.79. The minimum atomic E-state index is -0.513. The van der Waals surface area contributed by atoms with Crippen LogP contribution < -0.4 is 5.32 Å². The molecule has 44 valence electrons. The highest BCUT2D eigenvalue weighted by Crippen LogP contribution is 1.67. The van der Waals surface area contributed by atoms with Crippen LogP contribution in [0.1, 0.15) is 0 Å². The Morgan fingerprint density at radius 1 is 2.00 bits per heavy atom. The first-order valence-electron chi connectivity index (χ1n) is 2.00. The first-order chi connectivity index (χ1) is 3.81. The van der Waals surface area contributed by atoms with E-state index in [4.69, 9.17) is 0 Å². The molecule has 0 aromatic carbocycles. The van der Waals surface area contributed by atoms with Crippen molar-refractivity contribution in [2.75, 3.05) is 7.11 Å². The van der Waals surface area contributed by atoms with Crippen LogP contribution in [0.3, 0.4) is 0 Å². The molecule has 0 heterocycles. The number of carbonyl (C=O) groups excluding carboxylic acids is 1. The molecule has 0 aliphatic rings. The third-order valence-corrected chi connectivity index (χ3v) is 0.477. The second kappa shape index (κ2) is 3.96. The highest BCUT2D eigenvalue weighted by atomic mass is 16.5. The lowest BCUT2D eigenvalue weighted by atomic mass is 10.8. The van der Waals surface area contributed by atoms with Crippen molar-refractivity contribution in [3.63, 3.8) is 0 Å². The fraction of sp³-hybridized carbons (Fsp3) is 0.200. The van der Waals surface area contributed by atoms with E-state index in [1.165, 1.54) is 13.3 Å². The number of methoxy groups -OCH3 is 1. The van der Waals surface area contributed by atoms with E-state index in [0.717, 1.165) is 0 Å². The average Bonchev–Trinajstić information content (AvgIpc) is 1.83. The Hall–Kier alpha value is -1.21. The number of hydrogen-bond acceptors (Lipinski definition) is 2. The maximum absolute atomic E-state index is 10.1. The molecule has 0 unspecified atom stereocenters. The molecule has 0 radical (unpaired) electrons. The third-order valence-electron chi connectivity index (χ3n) is 0.477. The molecule has 1 N–H and O–H groups in total. The van der Waals surface area contributed by atoms with Crippen LogP contribution in [0.25, 0.3) is 0 Å². The molecule has 0 aromatic heterocycles. The van der Waals surface area contributed by atoms with E-state index in [1.54, 1.807) is 0 Å². The Morgan fingerprint density at radius 3 is 3.00 bits per heavy atom. The smallest absolute Gasteiger partial charge is 0.411 e. The topological polar surface area (TPSA) is 38.3 Å². The molecule has 3 nitrogen and oxygen atoms in total. The van der Waals surface area contributed by atoms with Gasteiger partial charge in [-0.15, -0.1) is 5.73 Å². The van der Waals surface area contributed by atoms with Gasteiger partial charge in [0.25, 0.3) is 0 Å². The van der Waals surface area contributed by atoms with Gasteiger partial charge in [0, 0.05) is 6.20 Å². The number of hydrogen-bond donors (Lipinski definition) is 1. The lowest BCUT2D eigenvalue weighted by Crippen LogP contribution is -2.15. The summed E-state index contributed by atoms with van der Waals surface area (Å²) in [6.45, 7) is 3.22. The van der Waals surface area contributed by atoms with Crippen molar-refractivity contribution in [1.29, 1.82) is 0 Å². The summed E-state index contributed by atoms with van der Waals surface area (Å²) in [6.07, 6.45) is 0.757. The van der Waals surface area contributed by atoms with Crippen molar-refractivity contribution >= 4 is 6.09 Å². The Bertz CT molecular complexity index is 124. The number of rotatable bonds is 1. The monoisotopic (exact) mass is 113 g/mol. The zero-order valence-electron chi connectivity index (χ0n) is 4.60. The number of amides is 1. The van der Waals surface area contributed by atoms with Crippen LogP contribution in [0.4, 0.5) is 4.79 Å². The Kier molecular flexibility index (Phi) is 3.36. The minimum absolute atomic E-state index is 0.513. The van der Waals surface area contributed by atoms with Crippen LogP contribution in [0.5, 0.6) is 0 Å². The normalized spacial score (nSPS) is 6.62. The highest BCUT2D eigenvalue weighted by Gasteiger charge is 1.88. The van der Waals surface area contributed by atoms with Gasteiger partial charge in [0.1, 0.15) is 0 Å². The fourth-order valence-electron chi connectivity index (χ4n) is 0.169. The van der Waals surface area contributed by atoms with E-state index in [2.05, 4.69) is 22.4 Å². The van der Waals surface area contributed by atoms with Crippen molar-refractivity contribution in [3.8, 4) is 0 Å². The maximum atomic E-state index is 10.1. The number of ether oxygens (including phenoxy) is 1. The SMILES string of the molecule is C=C=CNC(=O)OC. The number of alkyl carbamates (subject to hydrolysis) is 1. The summed E-state index contributed by atoms with van der Waals surface area (Å²) in [6, 6.07) is 0. The fourth-order valence-corrected chi connectivity index (χ4v) is 0.169. The average molecular weight is 113 g/mol. The van der Waals surface area contributed by atoms with Crippen LogP contribution in [0.2, 0.25) is 0 Å². The highest BCUT2D eigenvalue weighted by molar-refractivity contribution is 5.67. The second-order valence-electron chi connectivity index (χ2n) is 0.984. The third kappa shape index (κ3) is 3.00. The van der Waals surface area contributed by atoms with Gasteiger partial charge in [-0.3, -0.25) is 5.32 Å². The van der Waals surface area contributed by atoms with Crippen LogP contribution in [0.15, 0.2) is 18.5 Å². The largest absolute Gasteiger partial charge is 0.453 e. The van der Waals surface area contributed by atoms with Crippen LogP contribution in [0, 0.1) is 0 Å². The Balaban J connectivity index is 3.39. The van der Waals surface area contributed by atoms with Crippen molar-refractivity contribution in [3.05, 3.63) is 18.5 Å². The molecule has 0 saturated heterocycles. The molecular weight excluding hydrogens is 106 g/mol. The first-order valence-corrected chi connectivity index (χ1v) is 2.00. The zero-order valence-corrected chi connectivity index (χ0v) is 4.60. The van der Waals surface area contributed by atoms with Gasteiger partial charge in [-0.05, 0) is 0 Å². The molecule has 0 spiro atoms. The zero-order chi connectivity index (χ0) is 6.41. The van der Waals surface area contributed by atoms with Gasteiger partial charge < -0.3 is 4.74 Å². The molecule has 8 heavy (non-hydrogen) atoms. The second-order valence-corrected chi connectivity index (χ2v) is 0.984. The molecular formula is C5H7NO2. The van der Waals surface area contributed by atoms with Crippen molar-refractivity contribution < 1.29 is 9.53 Å². The lowest BCUT2D eigenvalue weighted by Gasteiger charge is -1.91. The molecule has 0 bridgehead atoms. The standard InChI is InChI=1S/C5H7NO2/c1-3-4-6-5(7)8-2/h4H,1H2,2H3,(H,6,7). The number of nitrogens with one attached hydrogen (secondary N) is 1. The van der Waals surface area contributed by atoms with Crippen LogP contribution in [-0.4, -0.2) is 13.2 Å². The van der Waals surface area contributed by atoms with Gasteiger partial charge in [0.05, 0.1) is 7.11 Å². The van der Waals surface area contributed by atoms with Gasteiger partial charge in [-0.2, -0.15) is 0 Å². The predicted octanol–water partition coefficient (Wildman–Crippen LogP) is 0.641. The van der Waals surface area contributed by atoms with Gasteiger partial charge in [-0.25, -0.2) is 4.79 Å². The molecule has 0 aliphatic carbocycles. The van der Waals surface area contributed by atoms with Crippen molar-refractivity contribution in [2.24, 2.45) is 0 Å². The molecule has 0 aromatic rings. The predicted molar refractivity (Wildman–Crippen MR) is 29.3 cm³/mol. The van der Waals surface area contributed by atoms with Crippen LogP contribution >= 0.6 is 0 Å². The van der Waals surface area contributed by atoms with Gasteiger partial charge in [-0.1, -0.05) is 6.58 Å². The van der Waals surface area contributed by atoms with Crippen molar-refractivity contribution in [2.45, 2.75) is 0 Å². The Morgan fingerprint density at radius 2 is 2.62 bits per heavy atom. The van der Waals surface area contributed by atoms with Gasteiger partial charge >= 0.3 is 6.09 Å². The number of carbonyl (C=O) groups is 1. The molecule has 0 saturated carbocycles. The summed E-state index contributed by atoms with van der Waals surface area (Å²) in [5, 5.41) is 2.22. The van der Waals surface area contributed by atoms with E-state index < -0.39 is 6.09 Å². The maximum Gasteiger partial charge on any atom is 0.411 e. The quantitative estimate of drug-likeness (QED) is 0.507. The summed E-state index contributed by atoms with van der Waals surface area (Å²) < 4.78 is 4.20. The Labute approximate surface area is 47.6 Å². The lowest BCUT2D eigenvalue weighted by molar-refractivity contribution is 0.175. The van der Waals surface area contributed by atoms with E-state index >= 15 is 0 Å². The minimum Gasteiger partial charge on any atom is -0.453 e. The summed E-state index contributed by atoms with van der Waals surface area (Å²) in [4.78, 5) is 10.1. The molecule has 0 aliphatic heterocycles. The molecule has 0 rings (SSSR count). The van der Waals surface area contributed by atoms with Crippen LogP contribution in [-0.2, 0) is 4.74 Å². The van der Waals surface area contributed by atoms with Crippen molar-refractivity contribution in [1.82, 2.24) is 5.32 Å². The van der Waals surface area contributed by atoms with Gasteiger partial charge in [0.15, 0.2) is 0 Å². The molecule has 1 amide bonds. The van der Waals surface area contributed by atoms with E-state index in [9.17, 15) is 4.79 Å². The summed E-state index contributed by atoms with van der Waals surface area (Å²) in [5.74, 6) is 0.